The molecule has 15 heavy (non-hydrogen) atoms. The van der Waals surface area contributed by atoms with E-state index in [1.54, 1.807) is 13.2 Å². The Morgan fingerprint density at radius 2 is 2.07 bits per heavy atom. The molecule has 0 bridgehead atoms. The molecule has 0 saturated carbocycles. The summed E-state index contributed by atoms with van der Waals surface area (Å²) in [5.41, 5.74) is 0. The highest BCUT2D eigenvalue weighted by Gasteiger charge is 2.18. The first-order valence-electron chi connectivity index (χ1n) is 4.49. The van der Waals surface area contributed by atoms with Crippen molar-refractivity contribution in [1.29, 1.82) is 5.26 Å². The first kappa shape index (κ1) is 14.3. The van der Waals surface area contributed by atoms with Crippen LogP contribution in [-0.2, 0) is 19.5 Å². The summed E-state index contributed by atoms with van der Waals surface area (Å²) in [6, 6.07) is 1.66. The minimum atomic E-state index is -3.53. The summed E-state index contributed by atoms with van der Waals surface area (Å²) in [6.45, 7) is 2.65. The van der Waals surface area contributed by atoms with Gasteiger partial charge in [0.2, 0.25) is 10.0 Å². The maximum atomic E-state index is 11.2. The predicted molar refractivity (Wildman–Crippen MR) is 54.7 cm³/mol. The van der Waals surface area contributed by atoms with Gasteiger partial charge >= 0.3 is 0 Å². The van der Waals surface area contributed by atoms with E-state index in [4.69, 9.17) is 14.7 Å². The average molecular weight is 236 g/mol. The minimum absolute atomic E-state index is 0.165. The molecule has 7 heteroatoms. The largest absolute Gasteiger partial charge is 0.382 e. The third-order valence-electron chi connectivity index (χ3n) is 1.63. The van der Waals surface area contributed by atoms with Crippen LogP contribution in [0.1, 0.15) is 6.92 Å². The number of nitrogens with zero attached hydrogens (tertiary/aromatic N) is 1. The van der Waals surface area contributed by atoms with Crippen molar-refractivity contribution in [3.05, 3.63) is 0 Å². The lowest BCUT2D eigenvalue weighted by Gasteiger charge is -2.07. The van der Waals surface area contributed by atoms with Crippen molar-refractivity contribution >= 4 is 10.0 Å². The van der Waals surface area contributed by atoms with Crippen molar-refractivity contribution in [3.63, 3.8) is 0 Å². The lowest BCUT2D eigenvalue weighted by atomic mass is 10.5. The normalized spacial score (nSPS) is 13.4. The van der Waals surface area contributed by atoms with Crippen molar-refractivity contribution in [1.82, 2.24) is 4.72 Å². The van der Waals surface area contributed by atoms with Gasteiger partial charge in [-0.2, -0.15) is 5.26 Å². The molecule has 1 unspecified atom stereocenters. The number of ether oxygens (including phenoxy) is 2. The lowest BCUT2D eigenvalue weighted by molar-refractivity contribution is 0.0736. The van der Waals surface area contributed by atoms with Gasteiger partial charge in [-0.1, -0.05) is 0 Å². The molecule has 0 heterocycles. The molecule has 0 aliphatic heterocycles. The fourth-order valence-electron chi connectivity index (χ4n) is 0.695. The number of rotatable bonds is 8. The van der Waals surface area contributed by atoms with Gasteiger partial charge in [-0.05, 0) is 6.92 Å². The van der Waals surface area contributed by atoms with Crippen LogP contribution in [0.2, 0.25) is 0 Å². The molecular weight excluding hydrogens is 220 g/mol. The molecule has 6 nitrogen and oxygen atoms in total. The van der Waals surface area contributed by atoms with Crippen LogP contribution >= 0.6 is 0 Å². The zero-order valence-corrected chi connectivity index (χ0v) is 9.71. The van der Waals surface area contributed by atoms with Gasteiger partial charge in [0.25, 0.3) is 0 Å². The number of hydrogen-bond donors (Lipinski definition) is 1. The molecule has 1 N–H and O–H groups in total. The number of hydrogen-bond acceptors (Lipinski definition) is 5. The van der Waals surface area contributed by atoms with Crippen molar-refractivity contribution in [2.75, 3.05) is 33.5 Å². The average Bonchev–Trinajstić information content (AvgIpc) is 2.22. The van der Waals surface area contributed by atoms with Crippen LogP contribution in [0.25, 0.3) is 0 Å². The summed E-state index contributed by atoms with van der Waals surface area (Å²) < 4.78 is 34.5. The molecule has 0 aliphatic carbocycles. The van der Waals surface area contributed by atoms with Crippen LogP contribution in [-0.4, -0.2) is 47.1 Å². The smallest absolute Gasteiger partial charge is 0.227 e. The summed E-state index contributed by atoms with van der Waals surface area (Å²) in [7, 11) is -1.97. The molecule has 88 valence electrons. The number of nitrogens with one attached hydrogen (secondary N) is 1. The molecule has 0 aliphatic rings. The fourth-order valence-corrected chi connectivity index (χ4v) is 1.45. The van der Waals surface area contributed by atoms with Gasteiger partial charge in [0.05, 0.1) is 25.9 Å². The molecule has 1 atom stereocenters. The highest BCUT2D eigenvalue weighted by molar-refractivity contribution is 7.90. The molecule has 0 fully saturated rings. The van der Waals surface area contributed by atoms with Crippen LogP contribution in [0.15, 0.2) is 0 Å². The molecule has 0 amide bonds. The van der Waals surface area contributed by atoms with Crippen molar-refractivity contribution in [3.8, 4) is 6.07 Å². The molecule has 0 rings (SSSR count). The Balaban J connectivity index is 3.64. The molecule has 0 saturated heterocycles. The Bertz CT molecular complexity index is 296. The van der Waals surface area contributed by atoms with E-state index in [0.717, 1.165) is 0 Å². The molecule has 0 aromatic heterocycles. The second-order valence-corrected chi connectivity index (χ2v) is 4.90. The van der Waals surface area contributed by atoms with Crippen LogP contribution in [0.3, 0.4) is 0 Å². The second kappa shape index (κ2) is 7.59. The number of nitriles is 1. The zero-order valence-electron chi connectivity index (χ0n) is 8.89. The zero-order chi connectivity index (χ0) is 11.7. The van der Waals surface area contributed by atoms with Crippen LogP contribution in [0.4, 0.5) is 0 Å². The predicted octanol–water partition coefficient (Wildman–Crippen LogP) is -0.519. The monoisotopic (exact) mass is 236 g/mol. The van der Waals surface area contributed by atoms with E-state index < -0.39 is 15.3 Å². The summed E-state index contributed by atoms with van der Waals surface area (Å²) >= 11 is 0. The van der Waals surface area contributed by atoms with Gasteiger partial charge < -0.3 is 9.47 Å². The third-order valence-corrected chi connectivity index (χ3v) is 3.27. The Morgan fingerprint density at radius 1 is 1.40 bits per heavy atom. The van der Waals surface area contributed by atoms with Crippen molar-refractivity contribution in [2.45, 2.75) is 12.2 Å². The fraction of sp³-hybridized carbons (Fsp3) is 0.875. The molecular formula is C8H16N2O4S. The number of methoxy groups -OCH3 is 1. The highest BCUT2D eigenvalue weighted by Crippen LogP contribution is 1.94. The molecule has 0 aromatic rings. The Hall–Kier alpha value is -0.680. The van der Waals surface area contributed by atoms with Crippen molar-refractivity contribution in [2.24, 2.45) is 0 Å². The van der Waals surface area contributed by atoms with E-state index in [2.05, 4.69) is 4.72 Å². The van der Waals surface area contributed by atoms with Crippen LogP contribution in [0.5, 0.6) is 0 Å². The van der Waals surface area contributed by atoms with Gasteiger partial charge in [-0.25, -0.2) is 13.1 Å². The lowest BCUT2D eigenvalue weighted by Crippen LogP contribution is -2.34. The molecule has 0 radical (unpaired) electrons. The van der Waals surface area contributed by atoms with Crippen LogP contribution in [0, 0.1) is 11.3 Å². The SMILES string of the molecule is COCCOCCNS(=O)(=O)C(C)C#N. The van der Waals surface area contributed by atoms with Gasteiger partial charge in [-0.15, -0.1) is 0 Å². The van der Waals surface area contributed by atoms with E-state index in [9.17, 15) is 8.42 Å². The van der Waals surface area contributed by atoms with Gasteiger partial charge in [-0.3, -0.25) is 0 Å². The second-order valence-electron chi connectivity index (χ2n) is 2.82. The standard InChI is InChI=1S/C8H16N2O4S/c1-8(7-9)15(11,12)10-3-4-14-6-5-13-2/h8,10H,3-6H2,1-2H3. The van der Waals surface area contributed by atoms with Gasteiger partial charge in [0.1, 0.15) is 0 Å². The third kappa shape index (κ3) is 6.41. The van der Waals surface area contributed by atoms with E-state index in [1.807, 2.05) is 0 Å². The van der Waals surface area contributed by atoms with Gasteiger partial charge in [0.15, 0.2) is 5.25 Å². The van der Waals surface area contributed by atoms with Crippen molar-refractivity contribution < 1.29 is 17.9 Å². The first-order valence-corrected chi connectivity index (χ1v) is 6.04. The minimum Gasteiger partial charge on any atom is -0.382 e. The molecule has 0 aromatic carbocycles. The van der Waals surface area contributed by atoms with E-state index in [0.29, 0.717) is 13.2 Å². The maximum absolute atomic E-state index is 11.2. The maximum Gasteiger partial charge on any atom is 0.227 e. The first-order chi connectivity index (χ1) is 7.04. The molecule has 0 spiro atoms. The van der Waals surface area contributed by atoms with Crippen LogP contribution < -0.4 is 4.72 Å². The Kier molecular flexibility index (Phi) is 7.25. The highest BCUT2D eigenvalue weighted by atomic mass is 32.2. The Labute approximate surface area is 90.2 Å². The van der Waals surface area contributed by atoms with E-state index in [-0.39, 0.29) is 13.2 Å². The Morgan fingerprint density at radius 3 is 2.60 bits per heavy atom. The quantitative estimate of drug-likeness (QED) is 0.573. The van der Waals surface area contributed by atoms with E-state index in [1.165, 1.54) is 6.92 Å². The topological polar surface area (TPSA) is 88.4 Å². The summed E-state index contributed by atoms with van der Waals surface area (Å²) in [5, 5.41) is 7.38. The summed E-state index contributed by atoms with van der Waals surface area (Å²) in [6.07, 6.45) is 0. The summed E-state index contributed by atoms with van der Waals surface area (Å²) in [5.74, 6) is 0. The van der Waals surface area contributed by atoms with E-state index >= 15 is 0 Å². The summed E-state index contributed by atoms with van der Waals surface area (Å²) in [4.78, 5) is 0. The number of sulfonamides is 1. The van der Waals surface area contributed by atoms with Gasteiger partial charge in [0, 0.05) is 13.7 Å².